The molecule has 1 saturated carbocycles. The summed E-state index contributed by atoms with van der Waals surface area (Å²) < 4.78 is 0. The molecule has 0 radical (unpaired) electrons. The third-order valence-electron chi connectivity index (χ3n) is 4.54. The third-order valence-corrected chi connectivity index (χ3v) is 5.48. The quantitative estimate of drug-likeness (QED) is 0.776. The first-order valence-corrected chi connectivity index (χ1v) is 8.92. The van der Waals surface area contributed by atoms with Gasteiger partial charge in [0, 0.05) is 24.4 Å². The Morgan fingerprint density at radius 3 is 2.83 bits per heavy atom. The van der Waals surface area contributed by atoms with Gasteiger partial charge in [-0.25, -0.2) is 4.79 Å². The lowest BCUT2D eigenvalue weighted by molar-refractivity contribution is -0.131. The molecule has 124 valence electrons. The van der Waals surface area contributed by atoms with Gasteiger partial charge in [-0.1, -0.05) is 18.9 Å². The van der Waals surface area contributed by atoms with E-state index in [4.69, 9.17) is 0 Å². The highest BCUT2D eigenvalue weighted by Gasteiger charge is 2.52. The predicted octanol–water partition coefficient (Wildman–Crippen LogP) is 1.66. The molecule has 1 aliphatic carbocycles. The Hall–Kier alpha value is -1.89. The average molecular weight is 335 g/mol. The van der Waals surface area contributed by atoms with Gasteiger partial charge in [0.1, 0.15) is 5.54 Å². The second kappa shape index (κ2) is 6.70. The Morgan fingerprint density at radius 1 is 1.35 bits per heavy atom. The van der Waals surface area contributed by atoms with Crippen LogP contribution >= 0.6 is 11.3 Å². The van der Waals surface area contributed by atoms with Crippen LogP contribution in [0.25, 0.3) is 0 Å². The number of carbonyl (C=O) groups is 3. The second-order valence-electron chi connectivity index (χ2n) is 6.11. The Bertz CT molecular complexity index is 594. The van der Waals surface area contributed by atoms with E-state index in [0.29, 0.717) is 19.4 Å². The molecule has 1 aromatic rings. The fourth-order valence-corrected chi connectivity index (χ4v) is 3.99. The first-order chi connectivity index (χ1) is 11.1. The number of amides is 4. The molecule has 6 nitrogen and oxygen atoms in total. The monoisotopic (exact) mass is 335 g/mol. The topological polar surface area (TPSA) is 78.5 Å². The van der Waals surface area contributed by atoms with Crippen LogP contribution in [-0.4, -0.2) is 41.4 Å². The van der Waals surface area contributed by atoms with Crippen LogP contribution in [0.5, 0.6) is 0 Å². The van der Waals surface area contributed by atoms with Gasteiger partial charge in [0.15, 0.2) is 0 Å². The van der Waals surface area contributed by atoms with Crippen LogP contribution in [0.3, 0.4) is 0 Å². The van der Waals surface area contributed by atoms with E-state index in [0.717, 1.165) is 19.3 Å². The zero-order valence-corrected chi connectivity index (χ0v) is 13.8. The molecule has 3 rings (SSSR count). The zero-order valence-electron chi connectivity index (χ0n) is 13.0. The van der Waals surface area contributed by atoms with Crippen molar-refractivity contribution < 1.29 is 14.4 Å². The van der Waals surface area contributed by atoms with Crippen LogP contribution in [0, 0.1) is 0 Å². The number of rotatable bonds is 6. The highest BCUT2D eigenvalue weighted by Crippen LogP contribution is 2.34. The van der Waals surface area contributed by atoms with Crippen molar-refractivity contribution in [2.24, 2.45) is 0 Å². The predicted molar refractivity (Wildman–Crippen MR) is 87.1 cm³/mol. The van der Waals surface area contributed by atoms with Gasteiger partial charge in [0.25, 0.3) is 5.91 Å². The van der Waals surface area contributed by atoms with Crippen LogP contribution in [0.1, 0.15) is 37.0 Å². The Morgan fingerprint density at radius 2 is 2.13 bits per heavy atom. The maximum atomic E-state index is 12.4. The van der Waals surface area contributed by atoms with Gasteiger partial charge in [0.05, 0.1) is 0 Å². The fourth-order valence-electron chi connectivity index (χ4n) is 3.28. The minimum atomic E-state index is -0.688. The summed E-state index contributed by atoms with van der Waals surface area (Å²) in [6.07, 6.45) is 4.30. The molecule has 1 saturated heterocycles. The largest absolute Gasteiger partial charge is 0.356 e. The molecule has 2 N–H and O–H groups in total. The van der Waals surface area contributed by atoms with E-state index in [1.165, 1.54) is 9.78 Å². The normalized spacial score (nSPS) is 19.4. The number of carbonyl (C=O) groups excluding carboxylic acids is 3. The zero-order chi connectivity index (χ0) is 16.3. The fraction of sp³-hybridized carbons (Fsp3) is 0.562. The lowest BCUT2D eigenvalue weighted by Gasteiger charge is -2.19. The number of thiophene rings is 1. The van der Waals surface area contributed by atoms with Crippen LogP contribution in [0.4, 0.5) is 4.79 Å². The molecule has 1 spiro atoms. The lowest BCUT2D eigenvalue weighted by Crippen LogP contribution is -2.44. The van der Waals surface area contributed by atoms with Crippen molar-refractivity contribution in [3.8, 4) is 0 Å². The van der Waals surface area contributed by atoms with E-state index >= 15 is 0 Å². The lowest BCUT2D eigenvalue weighted by atomic mass is 9.98. The van der Waals surface area contributed by atoms with Crippen molar-refractivity contribution in [3.05, 3.63) is 22.4 Å². The molecule has 0 atom stereocenters. The second-order valence-corrected chi connectivity index (χ2v) is 7.14. The molecule has 1 aliphatic heterocycles. The molecular weight excluding hydrogens is 314 g/mol. The van der Waals surface area contributed by atoms with E-state index in [-0.39, 0.29) is 30.8 Å². The summed E-state index contributed by atoms with van der Waals surface area (Å²) in [5.74, 6) is -0.291. The van der Waals surface area contributed by atoms with Crippen molar-refractivity contribution in [2.75, 3.05) is 13.1 Å². The van der Waals surface area contributed by atoms with Gasteiger partial charge >= 0.3 is 6.03 Å². The number of hydrogen-bond donors (Lipinski definition) is 2. The van der Waals surface area contributed by atoms with Crippen molar-refractivity contribution in [1.82, 2.24) is 15.5 Å². The average Bonchev–Trinajstić information content (AvgIpc) is 3.23. The van der Waals surface area contributed by atoms with Crippen molar-refractivity contribution in [1.29, 1.82) is 0 Å². The summed E-state index contributed by atoms with van der Waals surface area (Å²) in [5, 5.41) is 7.66. The third kappa shape index (κ3) is 3.39. The van der Waals surface area contributed by atoms with Gasteiger partial charge in [-0.05, 0) is 30.7 Å². The number of urea groups is 1. The van der Waals surface area contributed by atoms with Crippen molar-refractivity contribution >= 4 is 29.2 Å². The Labute approximate surface area is 139 Å². The van der Waals surface area contributed by atoms with Gasteiger partial charge in [0.2, 0.25) is 5.91 Å². The molecule has 2 aliphatic rings. The number of nitrogens with zero attached hydrogens (tertiary/aromatic N) is 1. The standard InChI is InChI=1S/C16H21N3O3S/c20-13(17-9-5-12-4-3-11-23-12)6-10-19-14(21)16(18-15(19)22)7-1-2-8-16/h3-4,11H,1-2,5-10H2,(H,17,20)(H,18,22). The number of imide groups is 1. The Balaban J connectivity index is 1.43. The van der Waals surface area contributed by atoms with Crippen molar-refractivity contribution in [2.45, 2.75) is 44.1 Å². The molecule has 0 unspecified atom stereocenters. The highest BCUT2D eigenvalue weighted by atomic mass is 32.1. The van der Waals surface area contributed by atoms with Crippen LogP contribution in [0.15, 0.2) is 17.5 Å². The maximum absolute atomic E-state index is 12.4. The summed E-state index contributed by atoms with van der Waals surface area (Å²) in [5.41, 5.74) is -0.688. The molecule has 0 bridgehead atoms. The van der Waals surface area contributed by atoms with E-state index in [1.54, 1.807) is 11.3 Å². The summed E-state index contributed by atoms with van der Waals surface area (Å²) >= 11 is 1.66. The SMILES string of the molecule is O=C(CCN1C(=O)NC2(CCCC2)C1=O)NCCc1cccs1. The maximum Gasteiger partial charge on any atom is 0.325 e. The summed E-state index contributed by atoms with van der Waals surface area (Å²) in [6, 6.07) is 3.66. The number of hydrogen-bond acceptors (Lipinski definition) is 4. The van der Waals surface area contributed by atoms with E-state index in [1.807, 2.05) is 17.5 Å². The first kappa shape index (κ1) is 16.0. The van der Waals surface area contributed by atoms with Crippen LogP contribution in [-0.2, 0) is 16.0 Å². The first-order valence-electron chi connectivity index (χ1n) is 8.04. The van der Waals surface area contributed by atoms with E-state index in [2.05, 4.69) is 10.6 Å². The molecule has 2 fully saturated rings. The Kier molecular flexibility index (Phi) is 4.66. The summed E-state index contributed by atoms with van der Waals surface area (Å²) in [7, 11) is 0. The molecular formula is C16H21N3O3S. The minimum absolute atomic E-state index is 0.130. The summed E-state index contributed by atoms with van der Waals surface area (Å²) in [4.78, 5) is 38.7. The van der Waals surface area contributed by atoms with Crippen molar-refractivity contribution in [3.63, 3.8) is 0 Å². The number of nitrogens with one attached hydrogen (secondary N) is 2. The smallest absolute Gasteiger partial charge is 0.325 e. The molecule has 23 heavy (non-hydrogen) atoms. The highest BCUT2D eigenvalue weighted by molar-refractivity contribution is 7.09. The van der Waals surface area contributed by atoms with Crippen LogP contribution in [0.2, 0.25) is 0 Å². The van der Waals surface area contributed by atoms with Gasteiger partial charge in [-0.15, -0.1) is 11.3 Å². The molecule has 1 aromatic heterocycles. The van der Waals surface area contributed by atoms with E-state index in [9.17, 15) is 14.4 Å². The van der Waals surface area contributed by atoms with E-state index < -0.39 is 5.54 Å². The minimum Gasteiger partial charge on any atom is -0.356 e. The van der Waals surface area contributed by atoms with Gasteiger partial charge < -0.3 is 10.6 Å². The van der Waals surface area contributed by atoms with Gasteiger partial charge in [-0.2, -0.15) is 0 Å². The summed E-state index contributed by atoms with van der Waals surface area (Å²) in [6.45, 7) is 0.723. The van der Waals surface area contributed by atoms with Gasteiger partial charge in [-0.3, -0.25) is 14.5 Å². The molecule has 0 aromatic carbocycles. The molecule has 4 amide bonds. The van der Waals surface area contributed by atoms with Crippen LogP contribution < -0.4 is 10.6 Å². The molecule has 2 heterocycles. The molecule has 7 heteroatoms.